The van der Waals surface area contributed by atoms with Crippen LogP contribution in [0.2, 0.25) is 0 Å². The van der Waals surface area contributed by atoms with Crippen LogP contribution in [-0.4, -0.2) is 34.3 Å². The van der Waals surface area contributed by atoms with Crippen molar-refractivity contribution in [1.82, 2.24) is 9.97 Å². The van der Waals surface area contributed by atoms with Crippen LogP contribution in [-0.2, 0) is 6.42 Å². The molecule has 0 spiro atoms. The smallest absolute Gasteiger partial charge is 0.224 e. The largest absolute Gasteiger partial charge is 0.394 e. The van der Waals surface area contributed by atoms with Crippen LogP contribution in [0.5, 0.6) is 0 Å². The summed E-state index contributed by atoms with van der Waals surface area (Å²) in [5.74, 6) is 1.48. The minimum absolute atomic E-state index is 0.0566. The van der Waals surface area contributed by atoms with Gasteiger partial charge in [0, 0.05) is 18.8 Å². The SMILES string of the molecule is C[C@H](CO)Nc1nccc(N2CCc3ccccc3[C@H]2C)n1. The fourth-order valence-electron chi connectivity index (χ4n) is 2.93. The van der Waals surface area contributed by atoms with Crippen molar-refractivity contribution in [2.75, 3.05) is 23.4 Å². The lowest BCUT2D eigenvalue weighted by Crippen LogP contribution is -2.34. The van der Waals surface area contributed by atoms with E-state index in [2.05, 4.69) is 51.4 Å². The number of aromatic nitrogens is 2. The molecular weight excluding hydrogens is 276 g/mol. The average molecular weight is 298 g/mol. The van der Waals surface area contributed by atoms with Crippen molar-refractivity contribution in [2.24, 2.45) is 0 Å². The van der Waals surface area contributed by atoms with E-state index in [1.54, 1.807) is 6.20 Å². The lowest BCUT2D eigenvalue weighted by Gasteiger charge is -2.36. The monoisotopic (exact) mass is 298 g/mol. The van der Waals surface area contributed by atoms with Crippen LogP contribution < -0.4 is 10.2 Å². The first-order valence-corrected chi connectivity index (χ1v) is 7.74. The molecule has 3 rings (SSSR count). The summed E-state index contributed by atoms with van der Waals surface area (Å²) in [7, 11) is 0. The topological polar surface area (TPSA) is 61.3 Å². The summed E-state index contributed by atoms with van der Waals surface area (Å²) in [4.78, 5) is 11.1. The van der Waals surface area contributed by atoms with Crippen LogP contribution >= 0.6 is 0 Å². The molecule has 0 bridgehead atoms. The molecule has 116 valence electrons. The Morgan fingerprint density at radius 3 is 3.00 bits per heavy atom. The van der Waals surface area contributed by atoms with Gasteiger partial charge in [-0.25, -0.2) is 4.98 Å². The second-order valence-electron chi connectivity index (χ2n) is 5.78. The van der Waals surface area contributed by atoms with E-state index in [1.807, 2.05) is 13.0 Å². The van der Waals surface area contributed by atoms with Gasteiger partial charge in [0.25, 0.3) is 0 Å². The lowest BCUT2D eigenvalue weighted by atomic mass is 9.94. The molecule has 1 aliphatic heterocycles. The Balaban J connectivity index is 1.84. The van der Waals surface area contributed by atoms with Crippen molar-refractivity contribution in [1.29, 1.82) is 0 Å². The molecule has 2 N–H and O–H groups in total. The van der Waals surface area contributed by atoms with Gasteiger partial charge in [-0.05, 0) is 37.5 Å². The molecule has 2 heterocycles. The minimum Gasteiger partial charge on any atom is -0.394 e. The lowest BCUT2D eigenvalue weighted by molar-refractivity contribution is 0.281. The van der Waals surface area contributed by atoms with Crippen LogP contribution in [0, 0.1) is 0 Å². The number of hydrogen-bond donors (Lipinski definition) is 2. The van der Waals surface area contributed by atoms with Crippen LogP contribution in [0.4, 0.5) is 11.8 Å². The van der Waals surface area contributed by atoms with Gasteiger partial charge in [0.15, 0.2) is 0 Å². The summed E-state index contributed by atoms with van der Waals surface area (Å²) in [6.07, 6.45) is 2.79. The van der Waals surface area contributed by atoms with Gasteiger partial charge in [-0.3, -0.25) is 0 Å². The molecule has 0 radical (unpaired) electrons. The predicted molar refractivity (Wildman–Crippen MR) is 88.1 cm³/mol. The zero-order chi connectivity index (χ0) is 15.5. The normalized spacial score (nSPS) is 18.7. The maximum absolute atomic E-state index is 9.14. The van der Waals surface area contributed by atoms with Gasteiger partial charge in [0.05, 0.1) is 12.6 Å². The van der Waals surface area contributed by atoms with Gasteiger partial charge >= 0.3 is 0 Å². The first-order valence-electron chi connectivity index (χ1n) is 7.74. The van der Waals surface area contributed by atoms with Crippen molar-refractivity contribution in [3.63, 3.8) is 0 Å². The fourth-order valence-corrected chi connectivity index (χ4v) is 2.93. The molecule has 0 aliphatic carbocycles. The third-order valence-corrected chi connectivity index (χ3v) is 4.18. The van der Waals surface area contributed by atoms with E-state index < -0.39 is 0 Å². The molecule has 0 fully saturated rings. The average Bonchev–Trinajstić information content (AvgIpc) is 2.55. The van der Waals surface area contributed by atoms with Gasteiger partial charge in [-0.2, -0.15) is 4.98 Å². The Morgan fingerprint density at radius 1 is 1.36 bits per heavy atom. The Labute approximate surface area is 131 Å². The highest BCUT2D eigenvalue weighted by atomic mass is 16.3. The van der Waals surface area contributed by atoms with E-state index in [-0.39, 0.29) is 12.6 Å². The number of rotatable bonds is 4. The molecule has 22 heavy (non-hydrogen) atoms. The van der Waals surface area contributed by atoms with E-state index in [1.165, 1.54) is 11.1 Å². The standard InChI is InChI=1S/C17H22N4O/c1-12(11-22)19-17-18-9-7-16(20-17)21-10-8-14-5-3-4-6-15(14)13(21)2/h3-7,9,12-13,22H,8,10-11H2,1-2H3,(H,18,19,20)/t12-,13-/m1/s1. The quantitative estimate of drug-likeness (QED) is 0.907. The number of aliphatic hydroxyl groups excluding tert-OH is 1. The van der Waals surface area contributed by atoms with E-state index in [9.17, 15) is 0 Å². The van der Waals surface area contributed by atoms with E-state index >= 15 is 0 Å². The summed E-state index contributed by atoms with van der Waals surface area (Å²) in [5, 5.41) is 12.2. The number of nitrogens with zero attached hydrogens (tertiary/aromatic N) is 3. The molecule has 1 aliphatic rings. The number of benzene rings is 1. The minimum atomic E-state index is -0.0604. The highest BCUT2D eigenvalue weighted by Gasteiger charge is 2.24. The number of fused-ring (bicyclic) bond motifs is 1. The third-order valence-electron chi connectivity index (χ3n) is 4.18. The van der Waals surface area contributed by atoms with Crippen molar-refractivity contribution < 1.29 is 5.11 Å². The molecule has 1 aromatic heterocycles. The molecule has 1 aromatic carbocycles. The van der Waals surface area contributed by atoms with E-state index in [4.69, 9.17) is 5.11 Å². The highest BCUT2D eigenvalue weighted by molar-refractivity contribution is 5.49. The second-order valence-corrected chi connectivity index (χ2v) is 5.78. The van der Waals surface area contributed by atoms with Crippen LogP contribution in [0.1, 0.15) is 31.0 Å². The van der Waals surface area contributed by atoms with Crippen molar-refractivity contribution >= 4 is 11.8 Å². The zero-order valence-corrected chi connectivity index (χ0v) is 13.0. The molecule has 0 saturated heterocycles. The molecule has 5 nitrogen and oxygen atoms in total. The molecule has 0 saturated carbocycles. The fraction of sp³-hybridized carbons (Fsp3) is 0.412. The summed E-state index contributed by atoms with van der Waals surface area (Å²) in [6.45, 7) is 5.12. The third kappa shape index (κ3) is 2.90. The number of anilines is 2. The molecule has 0 unspecified atom stereocenters. The second kappa shape index (κ2) is 6.32. The number of nitrogens with one attached hydrogen (secondary N) is 1. The van der Waals surface area contributed by atoms with Gasteiger partial charge in [0.1, 0.15) is 5.82 Å². The molecule has 2 atom stereocenters. The van der Waals surface area contributed by atoms with Crippen molar-refractivity contribution in [3.8, 4) is 0 Å². The van der Waals surface area contributed by atoms with Gasteiger partial charge < -0.3 is 15.3 Å². The van der Waals surface area contributed by atoms with Gasteiger partial charge in [-0.1, -0.05) is 24.3 Å². The summed E-state index contributed by atoms with van der Waals surface area (Å²) < 4.78 is 0. The van der Waals surface area contributed by atoms with Crippen LogP contribution in [0.15, 0.2) is 36.5 Å². The summed E-state index contributed by atoms with van der Waals surface area (Å²) in [6, 6.07) is 10.8. The number of aliphatic hydroxyl groups is 1. The zero-order valence-electron chi connectivity index (χ0n) is 13.0. The molecule has 5 heteroatoms. The van der Waals surface area contributed by atoms with E-state index in [0.29, 0.717) is 12.0 Å². The van der Waals surface area contributed by atoms with Crippen molar-refractivity contribution in [3.05, 3.63) is 47.7 Å². The maximum atomic E-state index is 9.14. The molecule has 2 aromatic rings. The first-order chi connectivity index (χ1) is 10.7. The van der Waals surface area contributed by atoms with Gasteiger partial charge in [-0.15, -0.1) is 0 Å². The van der Waals surface area contributed by atoms with Crippen LogP contribution in [0.3, 0.4) is 0 Å². The Kier molecular flexibility index (Phi) is 4.24. The van der Waals surface area contributed by atoms with Crippen LogP contribution in [0.25, 0.3) is 0 Å². The maximum Gasteiger partial charge on any atom is 0.224 e. The van der Waals surface area contributed by atoms with Gasteiger partial charge in [0.2, 0.25) is 5.95 Å². The molecular formula is C17H22N4O. The summed E-state index contributed by atoms with van der Waals surface area (Å²) >= 11 is 0. The summed E-state index contributed by atoms with van der Waals surface area (Å²) in [5.41, 5.74) is 2.79. The molecule has 0 amide bonds. The van der Waals surface area contributed by atoms with E-state index in [0.717, 1.165) is 18.8 Å². The Bertz CT molecular complexity index is 646. The number of hydrogen-bond acceptors (Lipinski definition) is 5. The predicted octanol–water partition coefficient (Wildman–Crippen LogP) is 2.39. The first kappa shape index (κ1) is 14.8. The highest BCUT2D eigenvalue weighted by Crippen LogP contribution is 2.32. The Hall–Kier alpha value is -2.14. The van der Waals surface area contributed by atoms with Crippen molar-refractivity contribution in [2.45, 2.75) is 32.4 Å². The Morgan fingerprint density at radius 2 is 2.18 bits per heavy atom.